The zero-order valence-corrected chi connectivity index (χ0v) is 13.4. The molecule has 24 heavy (non-hydrogen) atoms. The summed E-state index contributed by atoms with van der Waals surface area (Å²) >= 11 is 5.83. The fraction of sp³-hybridized carbons (Fsp3) is 0.312. The van der Waals surface area contributed by atoms with Gasteiger partial charge in [-0.1, -0.05) is 16.8 Å². The lowest BCUT2D eigenvalue weighted by Gasteiger charge is -2.33. The van der Waals surface area contributed by atoms with E-state index >= 15 is 0 Å². The number of aliphatic carboxylic acids is 1. The highest BCUT2D eigenvalue weighted by Crippen LogP contribution is 2.24. The molecule has 0 bridgehead atoms. The van der Waals surface area contributed by atoms with Crippen LogP contribution < -0.4 is 5.32 Å². The van der Waals surface area contributed by atoms with Gasteiger partial charge < -0.3 is 19.7 Å². The molecule has 1 saturated heterocycles. The lowest BCUT2D eigenvalue weighted by Crippen LogP contribution is -2.57. The van der Waals surface area contributed by atoms with E-state index in [1.54, 1.807) is 24.3 Å². The predicted octanol–water partition coefficient (Wildman–Crippen LogP) is 2.36. The topological polar surface area (TPSA) is 102 Å². The van der Waals surface area contributed by atoms with E-state index in [-0.39, 0.29) is 31.7 Å². The van der Waals surface area contributed by atoms with Crippen LogP contribution >= 0.6 is 11.6 Å². The van der Waals surface area contributed by atoms with E-state index in [0.29, 0.717) is 16.3 Å². The molecule has 1 fully saturated rings. The summed E-state index contributed by atoms with van der Waals surface area (Å²) in [5, 5.41) is 16.3. The molecule has 3 rings (SSSR count). The molecule has 0 atom stereocenters. The number of aromatic nitrogens is 1. The average Bonchev–Trinajstić information content (AvgIpc) is 3.06. The summed E-state index contributed by atoms with van der Waals surface area (Å²) in [5.74, 6) is -1.28. The molecule has 0 spiro atoms. The van der Waals surface area contributed by atoms with Gasteiger partial charge in [-0.05, 0) is 24.3 Å². The van der Waals surface area contributed by atoms with Gasteiger partial charge >= 0.3 is 5.97 Å². The molecule has 1 aromatic carbocycles. The van der Waals surface area contributed by atoms with E-state index in [4.69, 9.17) is 20.9 Å². The number of ether oxygens (including phenoxy) is 1. The summed E-state index contributed by atoms with van der Waals surface area (Å²) in [7, 11) is 0. The third kappa shape index (κ3) is 3.27. The van der Waals surface area contributed by atoms with Crippen LogP contribution in [0, 0.1) is 0 Å². The molecule has 2 heterocycles. The van der Waals surface area contributed by atoms with E-state index < -0.39 is 17.4 Å². The maximum atomic E-state index is 12.4. The van der Waals surface area contributed by atoms with Crippen molar-refractivity contribution >= 4 is 23.5 Å². The van der Waals surface area contributed by atoms with Crippen molar-refractivity contribution in [2.45, 2.75) is 18.4 Å². The molecule has 1 aliphatic heterocycles. The number of carboxylic acid groups (broad SMARTS) is 1. The monoisotopic (exact) mass is 350 g/mol. The van der Waals surface area contributed by atoms with E-state index in [1.807, 2.05) is 0 Å². The molecular formula is C16H15ClN2O5. The average molecular weight is 351 g/mol. The Morgan fingerprint density at radius 3 is 2.50 bits per heavy atom. The molecule has 1 aromatic heterocycles. The molecule has 0 unspecified atom stereocenters. The molecule has 2 N–H and O–H groups in total. The molecular weight excluding hydrogens is 336 g/mol. The van der Waals surface area contributed by atoms with Crippen LogP contribution in [0.2, 0.25) is 5.02 Å². The standard InChI is InChI=1S/C16H15ClN2O5/c17-11-3-1-10(2-4-11)13-9-12(19-24-13)14(20)18-16(15(21)22)5-7-23-8-6-16/h1-4,9H,5-8H2,(H,18,20)(H,21,22). The van der Waals surface area contributed by atoms with Crippen LogP contribution in [-0.2, 0) is 9.53 Å². The SMILES string of the molecule is O=C(NC1(C(=O)O)CCOCC1)c1cc(-c2ccc(Cl)cc2)on1. The van der Waals surface area contributed by atoms with Gasteiger partial charge in [-0.2, -0.15) is 0 Å². The maximum absolute atomic E-state index is 12.4. The number of nitrogens with one attached hydrogen (secondary N) is 1. The van der Waals surface area contributed by atoms with Crippen molar-refractivity contribution in [2.75, 3.05) is 13.2 Å². The molecule has 1 amide bonds. The summed E-state index contributed by atoms with van der Waals surface area (Å²) in [4.78, 5) is 23.9. The third-order valence-corrected chi connectivity index (χ3v) is 4.23. The first kappa shape index (κ1) is 16.5. The van der Waals surface area contributed by atoms with Gasteiger partial charge in [0.25, 0.3) is 5.91 Å². The van der Waals surface area contributed by atoms with Crippen molar-refractivity contribution in [1.82, 2.24) is 10.5 Å². The largest absolute Gasteiger partial charge is 0.480 e. The molecule has 0 radical (unpaired) electrons. The van der Waals surface area contributed by atoms with Gasteiger partial charge in [0.1, 0.15) is 5.54 Å². The number of amides is 1. The van der Waals surface area contributed by atoms with Crippen LogP contribution in [0.4, 0.5) is 0 Å². The molecule has 2 aromatic rings. The second-order valence-corrected chi connectivity index (χ2v) is 5.97. The Kier molecular flexibility index (Phi) is 4.55. The number of hydrogen-bond acceptors (Lipinski definition) is 5. The minimum Gasteiger partial charge on any atom is -0.480 e. The Labute approximate surface area is 142 Å². The van der Waals surface area contributed by atoms with Crippen LogP contribution in [0.3, 0.4) is 0 Å². The quantitative estimate of drug-likeness (QED) is 0.877. The number of benzene rings is 1. The van der Waals surface area contributed by atoms with Gasteiger partial charge in [0.15, 0.2) is 11.5 Å². The van der Waals surface area contributed by atoms with Crippen molar-refractivity contribution < 1.29 is 24.0 Å². The summed E-state index contributed by atoms with van der Waals surface area (Å²) < 4.78 is 10.3. The number of hydrogen-bond donors (Lipinski definition) is 2. The number of carboxylic acids is 1. The number of halogens is 1. The molecule has 1 aliphatic rings. The number of carbonyl (C=O) groups is 2. The van der Waals surface area contributed by atoms with Crippen molar-refractivity contribution in [2.24, 2.45) is 0 Å². The summed E-state index contributed by atoms with van der Waals surface area (Å²) in [6.45, 7) is 0.558. The Morgan fingerprint density at radius 1 is 1.21 bits per heavy atom. The third-order valence-electron chi connectivity index (χ3n) is 3.98. The van der Waals surface area contributed by atoms with Gasteiger partial charge in [0, 0.05) is 42.7 Å². The summed E-state index contributed by atoms with van der Waals surface area (Å²) in [6, 6.07) is 8.33. The smallest absolute Gasteiger partial charge is 0.329 e. The highest BCUT2D eigenvalue weighted by Gasteiger charge is 2.42. The highest BCUT2D eigenvalue weighted by atomic mass is 35.5. The molecule has 0 aliphatic carbocycles. The summed E-state index contributed by atoms with van der Waals surface area (Å²) in [5.41, 5.74) is -0.605. The van der Waals surface area contributed by atoms with Crippen molar-refractivity contribution in [3.63, 3.8) is 0 Å². The Balaban J connectivity index is 1.78. The Bertz CT molecular complexity index is 750. The van der Waals surface area contributed by atoms with E-state index in [1.165, 1.54) is 6.07 Å². The summed E-state index contributed by atoms with van der Waals surface area (Å²) in [6.07, 6.45) is 0.409. The number of rotatable bonds is 4. The second-order valence-electron chi connectivity index (χ2n) is 5.54. The minimum absolute atomic E-state index is 0.0204. The Hall–Kier alpha value is -2.38. The van der Waals surface area contributed by atoms with Gasteiger partial charge in [-0.25, -0.2) is 4.79 Å². The van der Waals surface area contributed by atoms with Gasteiger partial charge in [-0.3, -0.25) is 4.79 Å². The fourth-order valence-electron chi connectivity index (χ4n) is 2.53. The van der Waals surface area contributed by atoms with Crippen LogP contribution in [0.1, 0.15) is 23.3 Å². The first-order chi connectivity index (χ1) is 11.5. The van der Waals surface area contributed by atoms with Gasteiger partial charge in [0.05, 0.1) is 0 Å². The normalized spacial score (nSPS) is 16.5. The minimum atomic E-state index is -1.34. The van der Waals surface area contributed by atoms with Crippen LogP contribution in [-0.4, -0.2) is 40.9 Å². The predicted molar refractivity (Wildman–Crippen MR) is 84.8 cm³/mol. The molecule has 7 nitrogen and oxygen atoms in total. The first-order valence-electron chi connectivity index (χ1n) is 7.36. The maximum Gasteiger partial charge on any atom is 0.329 e. The number of nitrogens with zero attached hydrogens (tertiary/aromatic N) is 1. The van der Waals surface area contributed by atoms with E-state index in [9.17, 15) is 14.7 Å². The zero-order valence-electron chi connectivity index (χ0n) is 12.6. The van der Waals surface area contributed by atoms with Crippen molar-refractivity contribution in [3.8, 4) is 11.3 Å². The van der Waals surface area contributed by atoms with Crippen LogP contribution in [0.5, 0.6) is 0 Å². The van der Waals surface area contributed by atoms with Gasteiger partial charge in [0.2, 0.25) is 0 Å². The Morgan fingerprint density at radius 2 is 1.88 bits per heavy atom. The highest BCUT2D eigenvalue weighted by molar-refractivity contribution is 6.30. The van der Waals surface area contributed by atoms with Crippen molar-refractivity contribution in [3.05, 3.63) is 41.0 Å². The fourth-order valence-corrected chi connectivity index (χ4v) is 2.65. The van der Waals surface area contributed by atoms with Crippen LogP contribution in [0.15, 0.2) is 34.9 Å². The van der Waals surface area contributed by atoms with Crippen LogP contribution in [0.25, 0.3) is 11.3 Å². The molecule has 8 heteroatoms. The van der Waals surface area contributed by atoms with E-state index in [2.05, 4.69) is 10.5 Å². The lowest BCUT2D eigenvalue weighted by molar-refractivity contribution is -0.148. The van der Waals surface area contributed by atoms with E-state index in [0.717, 1.165) is 0 Å². The number of carbonyl (C=O) groups excluding carboxylic acids is 1. The lowest BCUT2D eigenvalue weighted by atomic mass is 9.90. The zero-order chi connectivity index (χ0) is 17.2. The van der Waals surface area contributed by atoms with Crippen molar-refractivity contribution in [1.29, 1.82) is 0 Å². The molecule has 126 valence electrons. The van der Waals surface area contributed by atoms with Gasteiger partial charge in [-0.15, -0.1) is 0 Å². The second kappa shape index (κ2) is 6.62. The first-order valence-corrected chi connectivity index (χ1v) is 7.74. The molecule has 0 saturated carbocycles.